The first-order valence-electron chi connectivity index (χ1n) is 6.24. The number of halogens is 4. The van der Waals surface area contributed by atoms with Gasteiger partial charge in [0.1, 0.15) is 17.4 Å². The van der Waals surface area contributed by atoms with Gasteiger partial charge in [-0.1, -0.05) is 23.2 Å². The van der Waals surface area contributed by atoms with E-state index in [4.69, 9.17) is 27.9 Å². The van der Waals surface area contributed by atoms with Crippen LogP contribution in [0, 0.1) is 11.6 Å². The smallest absolute Gasteiger partial charge is 0.265 e. The van der Waals surface area contributed by atoms with Gasteiger partial charge in [0.15, 0.2) is 6.10 Å². The van der Waals surface area contributed by atoms with Crippen LogP contribution in [-0.4, -0.2) is 12.0 Å². The van der Waals surface area contributed by atoms with Crippen LogP contribution in [0.2, 0.25) is 10.0 Å². The molecule has 1 atom stereocenters. The third kappa shape index (κ3) is 4.08. The second kappa shape index (κ2) is 6.94. The van der Waals surface area contributed by atoms with E-state index in [0.717, 1.165) is 12.1 Å². The molecule has 0 aliphatic heterocycles. The Labute approximate surface area is 135 Å². The molecule has 7 heteroatoms. The van der Waals surface area contributed by atoms with Crippen molar-refractivity contribution in [3.63, 3.8) is 0 Å². The van der Waals surface area contributed by atoms with Crippen molar-refractivity contribution in [3.8, 4) is 5.75 Å². The van der Waals surface area contributed by atoms with E-state index in [1.54, 1.807) is 6.07 Å². The Bertz CT molecular complexity index is 710. The topological polar surface area (TPSA) is 38.3 Å². The van der Waals surface area contributed by atoms with Gasteiger partial charge in [-0.15, -0.1) is 0 Å². The summed E-state index contributed by atoms with van der Waals surface area (Å²) in [7, 11) is 0. The van der Waals surface area contributed by atoms with Crippen LogP contribution in [0.5, 0.6) is 5.75 Å². The standard InChI is InChI=1S/C15H11Cl2F2NO2/c1-8(22-10-3-4-11(16)12(17)7-10)15(21)20-14-5-2-9(18)6-13(14)19/h2-8H,1H3,(H,20,21). The number of benzene rings is 2. The quantitative estimate of drug-likeness (QED) is 0.873. The highest BCUT2D eigenvalue weighted by Gasteiger charge is 2.17. The highest BCUT2D eigenvalue weighted by Crippen LogP contribution is 2.27. The number of nitrogens with one attached hydrogen (secondary N) is 1. The number of anilines is 1. The zero-order valence-electron chi connectivity index (χ0n) is 11.4. The second-order valence-electron chi connectivity index (χ2n) is 4.45. The minimum atomic E-state index is -0.915. The fourth-order valence-corrected chi connectivity index (χ4v) is 1.92. The summed E-state index contributed by atoms with van der Waals surface area (Å²) in [6, 6.07) is 7.41. The first-order valence-corrected chi connectivity index (χ1v) is 7.00. The Morgan fingerprint density at radius 3 is 2.50 bits per heavy atom. The molecule has 2 aromatic carbocycles. The Kier molecular flexibility index (Phi) is 5.21. The largest absolute Gasteiger partial charge is 0.481 e. The average Bonchev–Trinajstić information content (AvgIpc) is 2.45. The summed E-state index contributed by atoms with van der Waals surface area (Å²) in [4.78, 5) is 12.0. The van der Waals surface area contributed by atoms with Gasteiger partial charge in [-0.25, -0.2) is 8.78 Å². The van der Waals surface area contributed by atoms with Crippen molar-refractivity contribution in [2.75, 3.05) is 5.32 Å². The maximum atomic E-state index is 13.5. The van der Waals surface area contributed by atoms with Gasteiger partial charge in [0.2, 0.25) is 0 Å². The van der Waals surface area contributed by atoms with Gasteiger partial charge in [-0.2, -0.15) is 0 Å². The zero-order chi connectivity index (χ0) is 16.3. The molecule has 0 spiro atoms. The molecule has 0 aliphatic rings. The van der Waals surface area contributed by atoms with Gasteiger partial charge in [0.25, 0.3) is 5.91 Å². The van der Waals surface area contributed by atoms with Crippen LogP contribution >= 0.6 is 23.2 Å². The van der Waals surface area contributed by atoms with E-state index in [0.29, 0.717) is 16.8 Å². The van der Waals surface area contributed by atoms with Crippen molar-refractivity contribution in [2.45, 2.75) is 13.0 Å². The van der Waals surface area contributed by atoms with Crippen molar-refractivity contribution < 1.29 is 18.3 Å². The van der Waals surface area contributed by atoms with Gasteiger partial charge in [0, 0.05) is 12.1 Å². The summed E-state index contributed by atoms with van der Waals surface area (Å²) in [6.07, 6.45) is -0.915. The number of hydrogen-bond donors (Lipinski definition) is 1. The summed E-state index contributed by atoms with van der Waals surface area (Å²) >= 11 is 11.6. The van der Waals surface area contributed by atoms with E-state index in [1.807, 2.05) is 0 Å². The number of amides is 1. The molecule has 0 aliphatic carbocycles. The third-order valence-electron chi connectivity index (χ3n) is 2.76. The molecule has 1 amide bonds. The third-order valence-corrected chi connectivity index (χ3v) is 3.50. The van der Waals surface area contributed by atoms with Crippen molar-refractivity contribution in [3.05, 3.63) is 58.1 Å². The van der Waals surface area contributed by atoms with Crippen molar-refractivity contribution in [2.24, 2.45) is 0 Å². The molecule has 0 fully saturated rings. The van der Waals surface area contributed by atoms with Crippen LogP contribution in [-0.2, 0) is 4.79 Å². The normalized spacial score (nSPS) is 11.9. The van der Waals surface area contributed by atoms with Crippen molar-refractivity contribution in [1.29, 1.82) is 0 Å². The molecule has 1 N–H and O–H groups in total. The summed E-state index contributed by atoms with van der Waals surface area (Å²) < 4.78 is 31.7. The van der Waals surface area contributed by atoms with E-state index in [2.05, 4.69) is 5.32 Å². The molecule has 116 valence electrons. The molecule has 0 heterocycles. The van der Waals surface area contributed by atoms with E-state index in [-0.39, 0.29) is 10.7 Å². The number of carbonyl (C=O) groups is 1. The molecule has 0 saturated carbocycles. The van der Waals surface area contributed by atoms with Crippen molar-refractivity contribution in [1.82, 2.24) is 0 Å². The maximum Gasteiger partial charge on any atom is 0.265 e. The van der Waals surface area contributed by atoms with Crippen LogP contribution in [0.3, 0.4) is 0 Å². The second-order valence-corrected chi connectivity index (χ2v) is 5.26. The average molecular weight is 346 g/mol. The number of hydrogen-bond acceptors (Lipinski definition) is 2. The fourth-order valence-electron chi connectivity index (χ4n) is 1.63. The molecule has 0 saturated heterocycles. The van der Waals surface area contributed by atoms with Crippen molar-refractivity contribution >= 4 is 34.8 Å². The van der Waals surface area contributed by atoms with Gasteiger partial charge in [-0.3, -0.25) is 4.79 Å². The summed E-state index contributed by atoms with van der Waals surface area (Å²) in [6.45, 7) is 1.49. The van der Waals surface area contributed by atoms with E-state index >= 15 is 0 Å². The van der Waals surface area contributed by atoms with Gasteiger partial charge >= 0.3 is 0 Å². The molecular formula is C15H11Cl2F2NO2. The van der Waals surface area contributed by atoms with Crippen LogP contribution in [0.4, 0.5) is 14.5 Å². The van der Waals surface area contributed by atoms with Crippen LogP contribution in [0.25, 0.3) is 0 Å². The molecule has 3 nitrogen and oxygen atoms in total. The Morgan fingerprint density at radius 1 is 1.14 bits per heavy atom. The van der Waals surface area contributed by atoms with Crippen LogP contribution in [0.15, 0.2) is 36.4 Å². The van der Waals surface area contributed by atoms with E-state index in [9.17, 15) is 13.6 Å². The predicted octanol–water partition coefficient (Wildman–Crippen LogP) is 4.68. The molecule has 2 rings (SSSR count). The first kappa shape index (κ1) is 16.5. The Balaban J connectivity index is 2.04. The summed E-state index contributed by atoms with van der Waals surface area (Å²) in [5.74, 6) is -1.83. The lowest BCUT2D eigenvalue weighted by Gasteiger charge is -2.15. The molecule has 0 aromatic heterocycles. The maximum absolute atomic E-state index is 13.5. The lowest BCUT2D eigenvalue weighted by atomic mass is 10.2. The van der Waals surface area contributed by atoms with Gasteiger partial charge in [-0.05, 0) is 31.2 Å². The summed E-state index contributed by atoms with van der Waals surface area (Å²) in [5.41, 5.74) is -0.129. The Hall–Kier alpha value is -1.85. The van der Waals surface area contributed by atoms with Crippen LogP contribution in [0.1, 0.15) is 6.92 Å². The van der Waals surface area contributed by atoms with E-state index < -0.39 is 23.6 Å². The van der Waals surface area contributed by atoms with E-state index in [1.165, 1.54) is 19.1 Å². The summed E-state index contributed by atoms with van der Waals surface area (Å²) in [5, 5.41) is 2.97. The Morgan fingerprint density at radius 2 is 1.86 bits per heavy atom. The monoisotopic (exact) mass is 345 g/mol. The van der Waals surface area contributed by atoms with Gasteiger partial charge in [0.05, 0.1) is 15.7 Å². The molecule has 1 unspecified atom stereocenters. The fraction of sp³-hybridized carbons (Fsp3) is 0.133. The highest BCUT2D eigenvalue weighted by molar-refractivity contribution is 6.42. The minimum Gasteiger partial charge on any atom is -0.481 e. The molecule has 0 radical (unpaired) electrons. The van der Waals surface area contributed by atoms with Crippen LogP contribution < -0.4 is 10.1 Å². The number of ether oxygens (including phenoxy) is 1. The molecule has 22 heavy (non-hydrogen) atoms. The number of rotatable bonds is 4. The minimum absolute atomic E-state index is 0.129. The molecule has 0 bridgehead atoms. The SMILES string of the molecule is CC(Oc1ccc(Cl)c(Cl)c1)C(=O)Nc1ccc(F)cc1F. The number of carbonyl (C=O) groups excluding carboxylic acids is 1. The molecule has 2 aromatic rings. The zero-order valence-corrected chi connectivity index (χ0v) is 12.9. The first-order chi connectivity index (χ1) is 10.4. The predicted molar refractivity (Wildman–Crippen MR) is 81.5 cm³/mol. The lowest BCUT2D eigenvalue weighted by molar-refractivity contribution is -0.122. The highest BCUT2D eigenvalue weighted by atomic mass is 35.5. The molecular weight excluding hydrogens is 335 g/mol. The lowest BCUT2D eigenvalue weighted by Crippen LogP contribution is -2.30. The van der Waals surface area contributed by atoms with Gasteiger partial charge < -0.3 is 10.1 Å².